The molecule has 2 aliphatic rings. The van der Waals surface area contributed by atoms with Crippen molar-refractivity contribution >= 4 is 17.3 Å². The van der Waals surface area contributed by atoms with Crippen molar-refractivity contribution in [3.05, 3.63) is 42.0 Å². The van der Waals surface area contributed by atoms with Crippen LogP contribution in [0.2, 0.25) is 0 Å². The Morgan fingerprint density at radius 2 is 1.89 bits per heavy atom. The topological polar surface area (TPSA) is 87.6 Å². The lowest BCUT2D eigenvalue weighted by Gasteiger charge is -2.19. The van der Waals surface area contributed by atoms with E-state index in [1.807, 2.05) is 12.1 Å². The fraction of sp³-hybridized carbons (Fsp3) is 0.300. The predicted octanol–water partition coefficient (Wildman–Crippen LogP) is 2.61. The molecular formula is C20H20N2O6. The van der Waals surface area contributed by atoms with Gasteiger partial charge in [-0.3, -0.25) is 4.79 Å². The molecule has 1 N–H and O–H groups in total. The second kappa shape index (κ2) is 7.67. The highest BCUT2D eigenvalue weighted by Crippen LogP contribution is 2.33. The third-order valence-corrected chi connectivity index (χ3v) is 4.49. The predicted molar refractivity (Wildman–Crippen MR) is 102 cm³/mol. The molecule has 2 aromatic carbocycles. The third kappa shape index (κ3) is 3.53. The first-order valence-electron chi connectivity index (χ1n) is 8.83. The molecule has 0 radical (unpaired) electrons. The molecule has 1 amide bonds. The molecule has 0 unspecified atom stereocenters. The molecule has 0 spiro atoms. The molecular weight excluding hydrogens is 364 g/mol. The third-order valence-electron chi connectivity index (χ3n) is 4.49. The average molecular weight is 384 g/mol. The van der Waals surface area contributed by atoms with Gasteiger partial charge < -0.3 is 29.1 Å². The Bertz CT molecular complexity index is 927. The number of amides is 1. The van der Waals surface area contributed by atoms with Crippen molar-refractivity contribution in [3.8, 4) is 23.0 Å². The number of carbonyl (C=O) groups is 1. The molecule has 8 nitrogen and oxygen atoms in total. The molecule has 0 bridgehead atoms. The van der Waals surface area contributed by atoms with Crippen LogP contribution >= 0.6 is 0 Å². The molecule has 0 saturated heterocycles. The molecule has 2 aliphatic heterocycles. The van der Waals surface area contributed by atoms with E-state index in [2.05, 4.69) is 10.5 Å². The highest BCUT2D eigenvalue weighted by atomic mass is 16.6. The molecule has 0 aliphatic carbocycles. The number of hydrogen-bond donors (Lipinski definition) is 1. The summed E-state index contributed by atoms with van der Waals surface area (Å²) in [6, 6.07) is 10.7. The quantitative estimate of drug-likeness (QED) is 0.853. The van der Waals surface area contributed by atoms with Gasteiger partial charge in [0.15, 0.2) is 11.5 Å². The maximum Gasteiger partial charge on any atom is 0.268 e. The molecule has 0 fully saturated rings. The second-order valence-electron chi connectivity index (χ2n) is 6.25. The highest BCUT2D eigenvalue weighted by molar-refractivity contribution is 6.07. The van der Waals surface area contributed by atoms with Crippen LogP contribution in [0.3, 0.4) is 0 Å². The van der Waals surface area contributed by atoms with E-state index in [1.54, 1.807) is 38.5 Å². The Labute approximate surface area is 162 Å². The van der Waals surface area contributed by atoms with E-state index in [-0.39, 0.29) is 5.91 Å². The number of fused-ring (bicyclic) bond motifs is 1. The Morgan fingerprint density at radius 1 is 1.07 bits per heavy atom. The first kappa shape index (κ1) is 18.0. The van der Waals surface area contributed by atoms with Crippen molar-refractivity contribution in [2.24, 2.45) is 5.16 Å². The first-order valence-corrected chi connectivity index (χ1v) is 8.83. The second-order valence-corrected chi connectivity index (χ2v) is 6.25. The average Bonchev–Trinajstić information content (AvgIpc) is 3.23. The van der Waals surface area contributed by atoms with Crippen LogP contribution in [0.1, 0.15) is 12.0 Å². The number of carbonyl (C=O) groups excluding carboxylic acids is 1. The number of nitrogens with one attached hydrogen (secondary N) is 1. The van der Waals surface area contributed by atoms with Crippen molar-refractivity contribution in [1.82, 2.24) is 0 Å². The molecule has 8 heteroatoms. The van der Waals surface area contributed by atoms with Gasteiger partial charge in [-0.25, -0.2) is 0 Å². The number of methoxy groups -OCH3 is 2. The zero-order valence-electron chi connectivity index (χ0n) is 15.6. The van der Waals surface area contributed by atoms with Gasteiger partial charge in [0.25, 0.3) is 5.91 Å². The minimum atomic E-state index is -0.727. The zero-order chi connectivity index (χ0) is 19.5. The number of nitrogens with zero attached hydrogens (tertiary/aromatic N) is 1. The Balaban J connectivity index is 1.43. The van der Waals surface area contributed by atoms with Gasteiger partial charge in [0.2, 0.25) is 6.10 Å². The first-order chi connectivity index (χ1) is 13.7. The lowest BCUT2D eigenvalue weighted by molar-refractivity contribution is -0.125. The van der Waals surface area contributed by atoms with Crippen LogP contribution in [0.25, 0.3) is 0 Å². The van der Waals surface area contributed by atoms with Gasteiger partial charge >= 0.3 is 0 Å². The summed E-state index contributed by atoms with van der Waals surface area (Å²) in [5.41, 5.74) is 2.01. The summed E-state index contributed by atoms with van der Waals surface area (Å²) >= 11 is 0. The summed E-state index contributed by atoms with van der Waals surface area (Å²) in [4.78, 5) is 17.9. The molecule has 2 heterocycles. The van der Waals surface area contributed by atoms with Crippen LogP contribution in [0, 0.1) is 0 Å². The maximum absolute atomic E-state index is 12.6. The smallest absolute Gasteiger partial charge is 0.268 e. The van der Waals surface area contributed by atoms with Crippen molar-refractivity contribution < 1.29 is 28.6 Å². The van der Waals surface area contributed by atoms with Gasteiger partial charge in [0.05, 0.1) is 19.9 Å². The monoisotopic (exact) mass is 384 g/mol. The molecule has 146 valence electrons. The molecule has 2 aromatic rings. The maximum atomic E-state index is 12.6. The number of benzene rings is 2. The highest BCUT2D eigenvalue weighted by Gasteiger charge is 2.30. The molecule has 28 heavy (non-hydrogen) atoms. The summed E-state index contributed by atoms with van der Waals surface area (Å²) in [6.07, 6.45) is -0.394. The van der Waals surface area contributed by atoms with E-state index in [4.69, 9.17) is 23.8 Å². The largest absolute Gasteiger partial charge is 0.497 e. The van der Waals surface area contributed by atoms with E-state index in [0.717, 1.165) is 5.56 Å². The number of rotatable bonds is 5. The van der Waals surface area contributed by atoms with E-state index < -0.39 is 6.10 Å². The van der Waals surface area contributed by atoms with E-state index in [9.17, 15) is 4.79 Å². The van der Waals surface area contributed by atoms with Crippen molar-refractivity contribution in [1.29, 1.82) is 0 Å². The molecule has 1 atom stereocenters. The van der Waals surface area contributed by atoms with Gasteiger partial charge in [0, 0.05) is 29.8 Å². The van der Waals surface area contributed by atoms with E-state index in [0.29, 0.717) is 54.0 Å². The summed E-state index contributed by atoms with van der Waals surface area (Å²) in [6.45, 7) is 1.00. The van der Waals surface area contributed by atoms with Crippen molar-refractivity contribution in [3.63, 3.8) is 0 Å². The Morgan fingerprint density at radius 3 is 2.68 bits per heavy atom. The van der Waals surface area contributed by atoms with Crippen LogP contribution in [0.4, 0.5) is 5.69 Å². The minimum absolute atomic E-state index is 0.289. The van der Waals surface area contributed by atoms with Crippen molar-refractivity contribution in [2.45, 2.75) is 12.5 Å². The summed E-state index contributed by atoms with van der Waals surface area (Å²) in [7, 11) is 3.16. The molecule has 0 saturated carbocycles. The SMILES string of the molecule is COc1ccc(C2=NO[C@H](C(=O)Nc3ccc4c(c3)OCCO4)C2)c(OC)c1. The Kier molecular flexibility index (Phi) is 4.92. The lowest BCUT2D eigenvalue weighted by Crippen LogP contribution is -2.28. The van der Waals surface area contributed by atoms with E-state index in [1.165, 1.54) is 0 Å². The van der Waals surface area contributed by atoms with E-state index >= 15 is 0 Å². The number of ether oxygens (including phenoxy) is 4. The fourth-order valence-electron chi connectivity index (χ4n) is 3.06. The normalized spacial score (nSPS) is 17.4. The number of hydrogen-bond acceptors (Lipinski definition) is 7. The zero-order valence-corrected chi connectivity index (χ0v) is 15.6. The number of oxime groups is 1. The summed E-state index contributed by atoms with van der Waals surface area (Å²) in [5, 5.41) is 6.90. The van der Waals surface area contributed by atoms with Gasteiger partial charge in [-0.2, -0.15) is 0 Å². The van der Waals surface area contributed by atoms with Crippen molar-refractivity contribution in [2.75, 3.05) is 32.8 Å². The summed E-state index contributed by atoms with van der Waals surface area (Å²) in [5.74, 6) is 2.26. The van der Waals surface area contributed by atoms with Gasteiger partial charge in [-0.15, -0.1) is 0 Å². The van der Waals surface area contributed by atoms with Gasteiger partial charge in [0.1, 0.15) is 24.7 Å². The summed E-state index contributed by atoms with van der Waals surface area (Å²) < 4.78 is 21.6. The van der Waals surface area contributed by atoms with Gasteiger partial charge in [-0.1, -0.05) is 5.16 Å². The molecule has 0 aromatic heterocycles. The van der Waals surface area contributed by atoms with Crippen LogP contribution < -0.4 is 24.3 Å². The Hall–Kier alpha value is -3.42. The fourth-order valence-corrected chi connectivity index (χ4v) is 3.06. The van der Waals surface area contributed by atoms with Crippen LogP contribution in [0.5, 0.6) is 23.0 Å². The standard InChI is InChI=1S/C20H20N2O6/c1-24-13-4-5-14(17(10-13)25-2)15-11-19(28-22-15)20(23)21-12-3-6-16-18(9-12)27-8-7-26-16/h3-6,9-10,19H,7-8,11H2,1-2H3,(H,21,23)/t19-/m0/s1. The van der Waals surface area contributed by atoms with Gasteiger partial charge in [-0.05, 0) is 24.3 Å². The number of anilines is 1. The van der Waals surface area contributed by atoms with Crippen LogP contribution in [-0.2, 0) is 9.63 Å². The molecule has 4 rings (SSSR count). The van der Waals surface area contributed by atoms with Crippen LogP contribution in [0.15, 0.2) is 41.6 Å². The lowest BCUT2D eigenvalue weighted by atomic mass is 10.0. The van der Waals surface area contributed by atoms with Crippen LogP contribution in [-0.4, -0.2) is 45.2 Å². The minimum Gasteiger partial charge on any atom is -0.497 e.